The second kappa shape index (κ2) is 2.78. The molecule has 0 fully saturated rings. The van der Waals surface area contributed by atoms with E-state index in [0.717, 1.165) is 6.42 Å². The van der Waals surface area contributed by atoms with Gasteiger partial charge in [-0.2, -0.15) is 0 Å². The van der Waals surface area contributed by atoms with E-state index in [-0.39, 0.29) is 17.1 Å². The Morgan fingerprint density at radius 1 is 1.73 bits per heavy atom. The molecule has 0 bridgehead atoms. The molecule has 1 aliphatic carbocycles. The fourth-order valence-electron chi connectivity index (χ4n) is 1.45. The second-order valence-electron chi connectivity index (χ2n) is 3.86. The van der Waals surface area contributed by atoms with Gasteiger partial charge in [-0.25, -0.2) is 0 Å². The van der Waals surface area contributed by atoms with Crippen LogP contribution in [0.1, 0.15) is 20.3 Å². The maximum Gasteiger partial charge on any atom is 0.159 e. The van der Waals surface area contributed by atoms with Crippen LogP contribution < -0.4 is 5.73 Å². The Morgan fingerprint density at radius 2 is 2.36 bits per heavy atom. The summed E-state index contributed by atoms with van der Waals surface area (Å²) in [6.07, 6.45) is 4.53. The average molecular weight is 153 g/mol. The van der Waals surface area contributed by atoms with Crippen LogP contribution in [0, 0.1) is 11.3 Å². The normalized spacial score (nSPS) is 29.0. The third kappa shape index (κ3) is 1.90. The summed E-state index contributed by atoms with van der Waals surface area (Å²) in [5.41, 5.74) is 5.61. The highest BCUT2D eigenvalue weighted by molar-refractivity contribution is 5.92. The van der Waals surface area contributed by atoms with E-state index in [0.29, 0.717) is 6.54 Å². The van der Waals surface area contributed by atoms with Gasteiger partial charge in [0.15, 0.2) is 5.78 Å². The minimum Gasteiger partial charge on any atom is -0.330 e. The minimum absolute atomic E-state index is 0.0509. The van der Waals surface area contributed by atoms with E-state index in [1.54, 1.807) is 6.08 Å². The molecule has 2 heteroatoms. The van der Waals surface area contributed by atoms with Gasteiger partial charge in [0.25, 0.3) is 0 Å². The fraction of sp³-hybridized carbons (Fsp3) is 0.667. The number of allylic oxidation sites excluding steroid dienone is 2. The number of nitrogens with two attached hydrogens (primary N) is 1. The van der Waals surface area contributed by atoms with Crippen LogP contribution in [0.5, 0.6) is 0 Å². The van der Waals surface area contributed by atoms with Crippen LogP contribution in [0.25, 0.3) is 0 Å². The van der Waals surface area contributed by atoms with Gasteiger partial charge in [0.2, 0.25) is 0 Å². The number of hydrogen-bond donors (Lipinski definition) is 1. The monoisotopic (exact) mass is 153 g/mol. The minimum atomic E-state index is 0.0509. The summed E-state index contributed by atoms with van der Waals surface area (Å²) < 4.78 is 0. The molecular formula is C9H15NO. The first-order chi connectivity index (χ1) is 5.05. The lowest BCUT2D eigenvalue weighted by Gasteiger charge is -2.28. The first-order valence-corrected chi connectivity index (χ1v) is 3.98. The van der Waals surface area contributed by atoms with Crippen molar-refractivity contribution >= 4 is 5.78 Å². The standard InChI is InChI=1S/C9H15NO/c1-9(2)4-3-8(11)7(5-9)6-10/h3-4,7H,5-6,10H2,1-2H3. The SMILES string of the molecule is CC1(C)C=CC(=O)C(CN)C1. The van der Waals surface area contributed by atoms with Crippen LogP contribution in [0.4, 0.5) is 0 Å². The van der Waals surface area contributed by atoms with E-state index in [1.807, 2.05) is 6.08 Å². The van der Waals surface area contributed by atoms with Gasteiger partial charge in [-0.05, 0) is 17.9 Å². The van der Waals surface area contributed by atoms with Crippen LogP contribution in [0.3, 0.4) is 0 Å². The molecule has 0 saturated carbocycles. The summed E-state index contributed by atoms with van der Waals surface area (Å²) in [6, 6.07) is 0. The van der Waals surface area contributed by atoms with Crippen LogP contribution >= 0.6 is 0 Å². The summed E-state index contributed by atoms with van der Waals surface area (Å²) in [5.74, 6) is 0.238. The maximum absolute atomic E-state index is 11.1. The molecule has 0 heterocycles. The van der Waals surface area contributed by atoms with Crippen LogP contribution in [-0.4, -0.2) is 12.3 Å². The molecule has 1 unspecified atom stereocenters. The van der Waals surface area contributed by atoms with Gasteiger partial charge in [0.1, 0.15) is 0 Å². The third-order valence-corrected chi connectivity index (χ3v) is 2.16. The molecule has 0 saturated heterocycles. The van der Waals surface area contributed by atoms with Gasteiger partial charge in [-0.15, -0.1) is 0 Å². The number of rotatable bonds is 1. The Kier molecular flexibility index (Phi) is 2.14. The van der Waals surface area contributed by atoms with Crippen molar-refractivity contribution in [3.63, 3.8) is 0 Å². The summed E-state index contributed by atoms with van der Waals surface area (Å²) in [4.78, 5) is 11.1. The number of hydrogen-bond acceptors (Lipinski definition) is 2. The van der Waals surface area contributed by atoms with Crippen molar-refractivity contribution in [3.05, 3.63) is 12.2 Å². The van der Waals surface area contributed by atoms with Crippen molar-refractivity contribution < 1.29 is 4.79 Å². The summed E-state index contributed by atoms with van der Waals surface area (Å²) in [6.45, 7) is 4.73. The molecule has 1 atom stereocenters. The molecule has 0 aromatic carbocycles. The molecule has 2 nitrogen and oxygen atoms in total. The first kappa shape index (κ1) is 8.47. The first-order valence-electron chi connectivity index (χ1n) is 3.98. The Labute approximate surface area is 67.5 Å². The van der Waals surface area contributed by atoms with E-state index in [1.165, 1.54) is 0 Å². The molecule has 0 spiro atoms. The molecule has 11 heavy (non-hydrogen) atoms. The van der Waals surface area contributed by atoms with Crippen molar-refractivity contribution in [2.24, 2.45) is 17.1 Å². The molecule has 0 aromatic rings. The number of ketones is 1. The Balaban J connectivity index is 2.75. The summed E-state index contributed by atoms with van der Waals surface area (Å²) in [7, 11) is 0. The smallest absolute Gasteiger partial charge is 0.159 e. The van der Waals surface area contributed by atoms with Crippen LogP contribution in [-0.2, 0) is 4.79 Å². The van der Waals surface area contributed by atoms with Crippen LogP contribution in [0.2, 0.25) is 0 Å². The lowest BCUT2D eigenvalue weighted by atomic mass is 9.76. The van der Waals surface area contributed by atoms with Gasteiger partial charge in [0.05, 0.1) is 0 Å². The number of carbonyl (C=O) groups excluding carboxylic acids is 1. The van der Waals surface area contributed by atoms with Crippen molar-refractivity contribution in [3.8, 4) is 0 Å². The second-order valence-corrected chi connectivity index (χ2v) is 3.86. The van der Waals surface area contributed by atoms with Gasteiger partial charge in [0, 0.05) is 12.5 Å². The van der Waals surface area contributed by atoms with E-state index >= 15 is 0 Å². The molecule has 0 amide bonds. The highest BCUT2D eigenvalue weighted by Crippen LogP contribution is 2.31. The predicted octanol–water partition coefficient (Wildman–Crippen LogP) is 1.12. The maximum atomic E-state index is 11.1. The Bertz CT molecular complexity index is 194. The molecule has 2 N–H and O–H groups in total. The quantitative estimate of drug-likeness (QED) is 0.613. The van der Waals surface area contributed by atoms with E-state index < -0.39 is 0 Å². The summed E-state index contributed by atoms with van der Waals surface area (Å²) >= 11 is 0. The van der Waals surface area contributed by atoms with Crippen molar-refractivity contribution in [2.75, 3.05) is 6.54 Å². The van der Waals surface area contributed by atoms with Crippen molar-refractivity contribution in [1.82, 2.24) is 0 Å². The topological polar surface area (TPSA) is 43.1 Å². The molecule has 0 radical (unpaired) electrons. The average Bonchev–Trinajstić information content (AvgIpc) is 1.94. The van der Waals surface area contributed by atoms with Gasteiger partial charge in [-0.3, -0.25) is 4.79 Å². The van der Waals surface area contributed by atoms with Crippen LogP contribution in [0.15, 0.2) is 12.2 Å². The Hall–Kier alpha value is -0.630. The highest BCUT2D eigenvalue weighted by atomic mass is 16.1. The third-order valence-electron chi connectivity index (χ3n) is 2.16. The Morgan fingerprint density at radius 3 is 2.82 bits per heavy atom. The van der Waals surface area contributed by atoms with Gasteiger partial charge in [-0.1, -0.05) is 19.9 Å². The molecular weight excluding hydrogens is 138 g/mol. The lowest BCUT2D eigenvalue weighted by Crippen LogP contribution is -2.30. The van der Waals surface area contributed by atoms with Crippen molar-refractivity contribution in [1.29, 1.82) is 0 Å². The van der Waals surface area contributed by atoms with Gasteiger partial charge < -0.3 is 5.73 Å². The molecule has 0 aliphatic heterocycles. The molecule has 0 aromatic heterocycles. The van der Waals surface area contributed by atoms with E-state index in [9.17, 15) is 4.79 Å². The highest BCUT2D eigenvalue weighted by Gasteiger charge is 2.27. The largest absolute Gasteiger partial charge is 0.330 e. The van der Waals surface area contributed by atoms with E-state index in [2.05, 4.69) is 13.8 Å². The molecule has 62 valence electrons. The van der Waals surface area contributed by atoms with E-state index in [4.69, 9.17) is 5.73 Å². The van der Waals surface area contributed by atoms with Crippen molar-refractivity contribution in [2.45, 2.75) is 20.3 Å². The zero-order chi connectivity index (χ0) is 8.48. The molecule has 1 rings (SSSR count). The molecule has 1 aliphatic rings. The zero-order valence-corrected chi connectivity index (χ0v) is 7.13. The predicted molar refractivity (Wildman–Crippen MR) is 45.1 cm³/mol. The van der Waals surface area contributed by atoms with Gasteiger partial charge >= 0.3 is 0 Å². The zero-order valence-electron chi connectivity index (χ0n) is 7.13. The fourth-order valence-corrected chi connectivity index (χ4v) is 1.45. The summed E-state index contributed by atoms with van der Waals surface area (Å²) in [5, 5.41) is 0. The number of carbonyl (C=O) groups is 1. The lowest BCUT2D eigenvalue weighted by molar-refractivity contribution is -0.119.